The first-order valence-corrected chi connectivity index (χ1v) is 7.87. The molecule has 0 aliphatic rings. The summed E-state index contributed by atoms with van der Waals surface area (Å²) in [7, 11) is 0. The van der Waals surface area contributed by atoms with Gasteiger partial charge in [0.15, 0.2) is 0 Å². The number of aliphatic hydroxyl groups excluding tert-OH is 1. The van der Waals surface area contributed by atoms with Crippen LogP contribution in [-0.4, -0.2) is 35.7 Å². The van der Waals surface area contributed by atoms with Gasteiger partial charge in [0.1, 0.15) is 0 Å². The molecule has 20 heavy (non-hydrogen) atoms. The average Bonchev–Trinajstić information content (AvgIpc) is 2.44. The number of rotatable bonds is 9. The number of hydrogen-bond donors (Lipinski definition) is 2. The predicted octanol–water partition coefficient (Wildman–Crippen LogP) is 3.21. The van der Waals surface area contributed by atoms with Gasteiger partial charge in [0.05, 0.1) is 12.6 Å². The molecule has 3 N–H and O–H groups in total. The van der Waals surface area contributed by atoms with Gasteiger partial charge in [-0.25, -0.2) is 0 Å². The predicted molar refractivity (Wildman–Crippen MR) is 86.0 cm³/mol. The Morgan fingerprint density at radius 2 is 2.05 bits per heavy atom. The molecule has 0 spiro atoms. The molecule has 0 radical (unpaired) electrons. The standard InChI is InChI=1S/C16H27ClN2O/c1-3-5-9-19(10-11-20)16(15(18)4-2)13-7-6-8-14(17)12-13/h6-8,12,15-16,20H,3-5,9-11,18H2,1-2H3. The van der Waals surface area contributed by atoms with Crippen molar-refractivity contribution in [3.8, 4) is 0 Å². The lowest BCUT2D eigenvalue weighted by atomic mass is 9.96. The van der Waals surface area contributed by atoms with Crippen LogP contribution in [0, 0.1) is 0 Å². The molecule has 1 aromatic carbocycles. The maximum Gasteiger partial charge on any atom is 0.0558 e. The third kappa shape index (κ3) is 5.06. The number of benzene rings is 1. The molecular formula is C16H27ClN2O. The van der Waals surface area contributed by atoms with Gasteiger partial charge in [-0.2, -0.15) is 0 Å². The molecule has 0 aliphatic heterocycles. The van der Waals surface area contributed by atoms with Gasteiger partial charge < -0.3 is 10.8 Å². The Balaban J connectivity index is 3.01. The monoisotopic (exact) mass is 298 g/mol. The highest BCUT2D eigenvalue weighted by atomic mass is 35.5. The zero-order chi connectivity index (χ0) is 15.0. The molecule has 3 nitrogen and oxygen atoms in total. The molecule has 0 fully saturated rings. The Hall–Kier alpha value is -0.610. The van der Waals surface area contributed by atoms with Gasteiger partial charge in [-0.15, -0.1) is 0 Å². The fourth-order valence-electron chi connectivity index (χ4n) is 2.52. The zero-order valence-electron chi connectivity index (χ0n) is 12.6. The minimum Gasteiger partial charge on any atom is -0.395 e. The molecule has 1 rings (SSSR count). The van der Waals surface area contributed by atoms with E-state index in [0.717, 1.165) is 36.4 Å². The third-order valence-electron chi connectivity index (χ3n) is 3.65. The Bertz CT molecular complexity index is 386. The van der Waals surface area contributed by atoms with Crippen LogP contribution in [0.2, 0.25) is 5.02 Å². The topological polar surface area (TPSA) is 49.5 Å². The number of nitrogens with zero attached hydrogens (tertiary/aromatic N) is 1. The summed E-state index contributed by atoms with van der Waals surface area (Å²) in [5.74, 6) is 0. The van der Waals surface area contributed by atoms with Crippen LogP contribution in [0.3, 0.4) is 0 Å². The van der Waals surface area contributed by atoms with Crippen molar-refractivity contribution in [3.05, 3.63) is 34.9 Å². The Morgan fingerprint density at radius 3 is 2.60 bits per heavy atom. The molecule has 0 aromatic heterocycles. The summed E-state index contributed by atoms with van der Waals surface area (Å²) in [5.41, 5.74) is 7.47. The fraction of sp³-hybridized carbons (Fsp3) is 0.625. The average molecular weight is 299 g/mol. The van der Waals surface area contributed by atoms with Gasteiger partial charge in [0, 0.05) is 17.6 Å². The molecule has 0 bridgehead atoms. The van der Waals surface area contributed by atoms with Crippen molar-refractivity contribution in [2.45, 2.75) is 45.2 Å². The summed E-state index contributed by atoms with van der Waals surface area (Å²) in [6, 6.07) is 8.04. The second-order valence-electron chi connectivity index (χ2n) is 5.19. The van der Waals surface area contributed by atoms with E-state index in [2.05, 4.69) is 24.8 Å². The normalized spacial score (nSPS) is 14.5. The quantitative estimate of drug-likeness (QED) is 0.736. The molecule has 0 heterocycles. The van der Waals surface area contributed by atoms with Gasteiger partial charge in [-0.1, -0.05) is 44.0 Å². The lowest BCUT2D eigenvalue weighted by Gasteiger charge is -2.35. The molecule has 0 aliphatic carbocycles. The van der Waals surface area contributed by atoms with Crippen molar-refractivity contribution in [2.24, 2.45) is 5.73 Å². The van der Waals surface area contributed by atoms with Crippen LogP contribution in [0.5, 0.6) is 0 Å². The van der Waals surface area contributed by atoms with Gasteiger partial charge in [0.2, 0.25) is 0 Å². The lowest BCUT2D eigenvalue weighted by Crippen LogP contribution is -2.42. The van der Waals surface area contributed by atoms with Crippen molar-refractivity contribution < 1.29 is 5.11 Å². The Morgan fingerprint density at radius 1 is 1.30 bits per heavy atom. The maximum atomic E-state index is 9.33. The van der Waals surface area contributed by atoms with E-state index in [4.69, 9.17) is 17.3 Å². The van der Waals surface area contributed by atoms with Crippen LogP contribution in [0.4, 0.5) is 0 Å². The first-order chi connectivity index (χ1) is 9.63. The SMILES string of the molecule is CCCCN(CCO)C(c1cccc(Cl)c1)C(N)CC. The third-order valence-corrected chi connectivity index (χ3v) is 3.88. The van der Waals surface area contributed by atoms with E-state index in [0.29, 0.717) is 6.54 Å². The minimum atomic E-state index is 0.0388. The van der Waals surface area contributed by atoms with Crippen molar-refractivity contribution in [1.29, 1.82) is 0 Å². The van der Waals surface area contributed by atoms with Gasteiger partial charge >= 0.3 is 0 Å². The van der Waals surface area contributed by atoms with Gasteiger partial charge in [0.25, 0.3) is 0 Å². The van der Waals surface area contributed by atoms with Crippen LogP contribution in [-0.2, 0) is 0 Å². The minimum absolute atomic E-state index is 0.0388. The first-order valence-electron chi connectivity index (χ1n) is 7.50. The molecule has 1 aromatic rings. The number of aliphatic hydroxyl groups is 1. The van der Waals surface area contributed by atoms with E-state index in [-0.39, 0.29) is 18.7 Å². The lowest BCUT2D eigenvalue weighted by molar-refractivity contribution is 0.130. The smallest absolute Gasteiger partial charge is 0.0558 e. The highest BCUT2D eigenvalue weighted by Crippen LogP contribution is 2.27. The summed E-state index contributed by atoms with van der Waals surface area (Å²) in [4.78, 5) is 2.28. The Labute approximate surface area is 127 Å². The van der Waals surface area contributed by atoms with Gasteiger partial charge in [-0.05, 0) is 37.1 Å². The first kappa shape index (κ1) is 17.4. The van der Waals surface area contributed by atoms with Crippen molar-refractivity contribution in [3.63, 3.8) is 0 Å². The molecular weight excluding hydrogens is 272 g/mol. The van der Waals surface area contributed by atoms with Gasteiger partial charge in [-0.3, -0.25) is 4.90 Å². The second kappa shape index (κ2) is 9.35. The summed E-state index contributed by atoms with van der Waals surface area (Å²) in [5, 5.41) is 10.1. The summed E-state index contributed by atoms with van der Waals surface area (Å²) < 4.78 is 0. The maximum absolute atomic E-state index is 9.33. The number of unbranched alkanes of at least 4 members (excludes halogenated alkanes) is 1. The van der Waals surface area contributed by atoms with Crippen LogP contribution in [0.1, 0.15) is 44.7 Å². The van der Waals surface area contributed by atoms with E-state index in [1.807, 2.05) is 18.2 Å². The zero-order valence-corrected chi connectivity index (χ0v) is 13.3. The van der Waals surface area contributed by atoms with E-state index in [9.17, 15) is 5.11 Å². The highest BCUT2D eigenvalue weighted by molar-refractivity contribution is 6.30. The van der Waals surface area contributed by atoms with E-state index in [1.54, 1.807) is 0 Å². The van der Waals surface area contributed by atoms with E-state index >= 15 is 0 Å². The van der Waals surface area contributed by atoms with Crippen LogP contribution >= 0.6 is 11.6 Å². The molecule has 0 saturated heterocycles. The number of nitrogens with two attached hydrogens (primary N) is 1. The van der Waals surface area contributed by atoms with E-state index in [1.165, 1.54) is 0 Å². The summed E-state index contributed by atoms with van der Waals surface area (Å²) in [6.45, 7) is 6.01. The number of hydrogen-bond acceptors (Lipinski definition) is 3. The molecule has 114 valence electrons. The molecule has 2 unspecified atom stereocenters. The van der Waals surface area contributed by atoms with Crippen molar-refractivity contribution >= 4 is 11.6 Å². The fourth-order valence-corrected chi connectivity index (χ4v) is 2.72. The van der Waals surface area contributed by atoms with Crippen molar-refractivity contribution in [2.75, 3.05) is 19.7 Å². The number of halogens is 1. The molecule has 0 amide bonds. The van der Waals surface area contributed by atoms with Crippen LogP contribution < -0.4 is 5.73 Å². The largest absolute Gasteiger partial charge is 0.395 e. The second-order valence-corrected chi connectivity index (χ2v) is 5.62. The summed E-state index contributed by atoms with van der Waals surface area (Å²) in [6.07, 6.45) is 3.13. The van der Waals surface area contributed by atoms with Crippen molar-refractivity contribution in [1.82, 2.24) is 4.90 Å². The Kier molecular flexibility index (Phi) is 8.15. The molecule has 0 saturated carbocycles. The highest BCUT2D eigenvalue weighted by Gasteiger charge is 2.25. The van der Waals surface area contributed by atoms with E-state index < -0.39 is 0 Å². The van der Waals surface area contributed by atoms with Crippen LogP contribution in [0.25, 0.3) is 0 Å². The summed E-state index contributed by atoms with van der Waals surface area (Å²) >= 11 is 6.11. The molecule has 4 heteroatoms. The molecule has 2 atom stereocenters. The van der Waals surface area contributed by atoms with Crippen LogP contribution in [0.15, 0.2) is 24.3 Å².